The average Bonchev–Trinajstić information content (AvgIpc) is 2.69. The summed E-state index contributed by atoms with van der Waals surface area (Å²) in [6.45, 7) is 6.46. The summed E-state index contributed by atoms with van der Waals surface area (Å²) < 4.78 is 17.9. The maximum atomic E-state index is 6.21. The molecule has 2 bridgehead atoms. The highest BCUT2D eigenvalue weighted by Gasteiger charge is 2.69. The first-order valence-electron chi connectivity index (χ1n) is 8.23. The molecule has 0 aromatic carbocycles. The second-order valence-electron chi connectivity index (χ2n) is 7.51. The van der Waals surface area contributed by atoms with Gasteiger partial charge in [-0.1, -0.05) is 13.8 Å². The molecule has 5 heteroatoms. The Labute approximate surface area is 126 Å². The Balaban J connectivity index is 1.79. The van der Waals surface area contributed by atoms with Gasteiger partial charge in [0.2, 0.25) is 5.79 Å². The lowest BCUT2D eigenvalue weighted by Gasteiger charge is -2.60. The maximum absolute atomic E-state index is 6.21. The van der Waals surface area contributed by atoms with E-state index in [-0.39, 0.29) is 12.2 Å². The molecule has 1 spiro atoms. The van der Waals surface area contributed by atoms with E-state index in [9.17, 15) is 0 Å². The summed E-state index contributed by atoms with van der Waals surface area (Å²) in [4.78, 5) is 11.8. The van der Waals surface area contributed by atoms with Crippen LogP contribution in [0.15, 0.2) is 0 Å². The van der Waals surface area contributed by atoms with Gasteiger partial charge in [0.25, 0.3) is 0 Å². The fraction of sp³-hybridized carbons (Fsp3) is 1.00. The Morgan fingerprint density at radius 1 is 1.05 bits per heavy atom. The van der Waals surface area contributed by atoms with Crippen molar-refractivity contribution in [3.05, 3.63) is 0 Å². The van der Waals surface area contributed by atoms with Crippen LogP contribution in [0, 0.1) is 23.7 Å². The standard InChI is InChI=1S/C16H26O5/c1-9-5-6-12-10(2)13(17-4)18-14-16(12)11(9)7-8-15(3,19-14)20-21-16/h9-14H,5-8H2,1-4H3/t9-,10-,11+,12+,13+,14+,15-,16-/m1/s1. The van der Waals surface area contributed by atoms with Gasteiger partial charge in [-0.15, -0.1) is 0 Å². The van der Waals surface area contributed by atoms with Crippen LogP contribution in [0.2, 0.25) is 0 Å². The van der Waals surface area contributed by atoms with Gasteiger partial charge in [-0.2, -0.15) is 0 Å². The van der Waals surface area contributed by atoms with Gasteiger partial charge in [0, 0.05) is 25.4 Å². The predicted molar refractivity (Wildman–Crippen MR) is 73.8 cm³/mol. The van der Waals surface area contributed by atoms with E-state index in [4.69, 9.17) is 24.0 Å². The zero-order valence-electron chi connectivity index (χ0n) is 13.3. The summed E-state index contributed by atoms with van der Waals surface area (Å²) in [5.41, 5.74) is -0.470. The molecule has 4 aliphatic heterocycles. The number of rotatable bonds is 1. The molecule has 21 heavy (non-hydrogen) atoms. The van der Waals surface area contributed by atoms with Crippen molar-refractivity contribution in [3.63, 3.8) is 0 Å². The lowest BCUT2D eigenvalue weighted by Crippen LogP contribution is -2.70. The van der Waals surface area contributed by atoms with Crippen molar-refractivity contribution in [2.75, 3.05) is 7.11 Å². The molecular formula is C16H26O5. The van der Waals surface area contributed by atoms with Gasteiger partial charge in [0.15, 0.2) is 18.2 Å². The van der Waals surface area contributed by atoms with E-state index in [1.807, 2.05) is 6.92 Å². The van der Waals surface area contributed by atoms with E-state index >= 15 is 0 Å². The van der Waals surface area contributed by atoms with Crippen molar-refractivity contribution >= 4 is 0 Å². The fourth-order valence-electron chi connectivity index (χ4n) is 5.14. The Hall–Kier alpha value is -0.200. The minimum atomic E-state index is -0.698. The van der Waals surface area contributed by atoms with Crippen LogP contribution in [0.1, 0.15) is 46.5 Å². The number of methoxy groups -OCH3 is 1. The van der Waals surface area contributed by atoms with Crippen molar-refractivity contribution < 1.29 is 24.0 Å². The second kappa shape index (κ2) is 4.65. The summed E-state index contributed by atoms with van der Waals surface area (Å²) in [7, 11) is 1.70. The first kappa shape index (κ1) is 14.4. The second-order valence-corrected chi connectivity index (χ2v) is 7.51. The number of ether oxygens (including phenoxy) is 3. The molecule has 1 aliphatic carbocycles. The monoisotopic (exact) mass is 298 g/mol. The van der Waals surface area contributed by atoms with Crippen LogP contribution in [-0.4, -0.2) is 31.1 Å². The first-order chi connectivity index (χ1) is 10.00. The molecule has 5 fully saturated rings. The van der Waals surface area contributed by atoms with Crippen molar-refractivity contribution in [2.45, 2.75) is 70.4 Å². The molecule has 0 aromatic rings. The van der Waals surface area contributed by atoms with E-state index < -0.39 is 17.7 Å². The van der Waals surface area contributed by atoms with Gasteiger partial charge in [0.05, 0.1) is 0 Å². The van der Waals surface area contributed by atoms with Crippen LogP contribution in [0.4, 0.5) is 0 Å². The summed E-state index contributed by atoms with van der Waals surface area (Å²) in [6, 6.07) is 0. The Bertz CT molecular complexity index is 429. The van der Waals surface area contributed by atoms with Crippen LogP contribution in [-0.2, 0) is 24.0 Å². The zero-order valence-corrected chi connectivity index (χ0v) is 13.3. The fourth-order valence-corrected chi connectivity index (χ4v) is 5.14. The highest BCUT2D eigenvalue weighted by molar-refractivity contribution is 5.08. The Kier molecular flexibility index (Phi) is 3.19. The SMILES string of the molecule is CO[C@H]1O[C@H]2O[C@@]3(C)CC[C@H]4[C@H](C)CC[C@@H]([C@H]1C)[C@@]24OO3. The van der Waals surface area contributed by atoms with E-state index in [0.29, 0.717) is 17.8 Å². The van der Waals surface area contributed by atoms with Gasteiger partial charge >= 0.3 is 0 Å². The summed E-state index contributed by atoms with van der Waals surface area (Å²) in [5.74, 6) is 0.953. The van der Waals surface area contributed by atoms with Crippen LogP contribution in [0.5, 0.6) is 0 Å². The molecule has 0 N–H and O–H groups in total. The van der Waals surface area contributed by atoms with Crippen molar-refractivity contribution in [3.8, 4) is 0 Å². The molecule has 0 aromatic heterocycles. The molecule has 120 valence electrons. The van der Waals surface area contributed by atoms with E-state index in [1.165, 1.54) is 6.42 Å². The normalized spacial score (nSPS) is 59.4. The van der Waals surface area contributed by atoms with Gasteiger partial charge < -0.3 is 14.2 Å². The van der Waals surface area contributed by atoms with Gasteiger partial charge in [-0.3, -0.25) is 0 Å². The molecule has 0 unspecified atom stereocenters. The minimum Gasteiger partial charge on any atom is -0.355 e. The smallest absolute Gasteiger partial charge is 0.201 e. The van der Waals surface area contributed by atoms with Crippen LogP contribution < -0.4 is 0 Å². The van der Waals surface area contributed by atoms with Crippen LogP contribution >= 0.6 is 0 Å². The molecule has 5 aliphatic rings. The van der Waals surface area contributed by atoms with E-state index in [0.717, 1.165) is 19.3 Å². The van der Waals surface area contributed by atoms with Crippen molar-refractivity contribution in [1.82, 2.24) is 0 Å². The van der Waals surface area contributed by atoms with Crippen LogP contribution in [0.25, 0.3) is 0 Å². The highest BCUT2D eigenvalue weighted by atomic mass is 17.3. The molecule has 1 saturated carbocycles. The Morgan fingerprint density at radius 3 is 2.62 bits per heavy atom. The topological polar surface area (TPSA) is 46.2 Å². The van der Waals surface area contributed by atoms with Crippen LogP contribution in [0.3, 0.4) is 0 Å². The molecule has 5 rings (SSSR count). The maximum Gasteiger partial charge on any atom is 0.201 e. The van der Waals surface area contributed by atoms with E-state index in [2.05, 4.69) is 13.8 Å². The van der Waals surface area contributed by atoms with Gasteiger partial charge in [-0.25, -0.2) is 9.78 Å². The van der Waals surface area contributed by atoms with Gasteiger partial charge in [-0.05, 0) is 38.0 Å². The molecule has 8 atom stereocenters. The third kappa shape index (κ3) is 1.81. The van der Waals surface area contributed by atoms with Crippen molar-refractivity contribution in [1.29, 1.82) is 0 Å². The average molecular weight is 298 g/mol. The zero-order chi connectivity index (χ0) is 14.8. The molecule has 4 saturated heterocycles. The molecule has 4 heterocycles. The largest absolute Gasteiger partial charge is 0.355 e. The quantitative estimate of drug-likeness (QED) is 0.697. The third-order valence-corrected chi connectivity index (χ3v) is 6.33. The number of hydrogen-bond acceptors (Lipinski definition) is 5. The van der Waals surface area contributed by atoms with Crippen molar-refractivity contribution in [2.24, 2.45) is 23.7 Å². The molecule has 0 radical (unpaired) electrons. The predicted octanol–water partition coefficient (Wildman–Crippen LogP) is 2.84. The highest BCUT2D eigenvalue weighted by Crippen LogP contribution is 2.60. The minimum absolute atomic E-state index is 0.230. The summed E-state index contributed by atoms with van der Waals surface area (Å²) in [5, 5.41) is 0. The number of fused-ring (bicyclic) bond motifs is 2. The first-order valence-corrected chi connectivity index (χ1v) is 8.23. The summed E-state index contributed by atoms with van der Waals surface area (Å²) >= 11 is 0. The lowest BCUT2D eigenvalue weighted by atomic mass is 9.58. The Morgan fingerprint density at radius 2 is 1.86 bits per heavy atom. The number of hydrogen-bond donors (Lipinski definition) is 0. The lowest BCUT2D eigenvalue weighted by molar-refractivity contribution is -0.577. The van der Waals surface area contributed by atoms with Gasteiger partial charge in [0.1, 0.15) is 0 Å². The third-order valence-electron chi connectivity index (χ3n) is 6.33. The molecular weight excluding hydrogens is 272 g/mol. The van der Waals surface area contributed by atoms with E-state index in [1.54, 1.807) is 7.11 Å². The molecule has 5 nitrogen and oxygen atoms in total. The summed E-state index contributed by atoms with van der Waals surface area (Å²) in [6.07, 6.45) is 3.64. The molecule has 0 amide bonds.